The number of hydrogen-bond acceptors (Lipinski definition) is 4. The maximum Gasteiger partial charge on any atom is 0.284 e. The summed E-state index contributed by atoms with van der Waals surface area (Å²) in [5.74, 6) is -1.71. The molecule has 0 saturated heterocycles. The Morgan fingerprint density at radius 2 is 2.00 bits per heavy atom. The molecule has 1 heterocycles. The zero-order valence-corrected chi connectivity index (χ0v) is 13.9. The van der Waals surface area contributed by atoms with Gasteiger partial charge in [0.25, 0.3) is 5.56 Å². The van der Waals surface area contributed by atoms with Crippen molar-refractivity contribution in [2.24, 2.45) is 0 Å². The maximum absolute atomic E-state index is 14.0. The third-order valence-corrected chi connectivity index (χ3v) is 4.13. The number of amides is 1. The summed E-state index contributed by atoms with van der Waals surface area (Å²) in [6, 6.07) is 9.73. The van der Waals surface area contributed by atoms with E-state index in [9.17, 15) is 18.4 Å². The zero-order chi connectivity index (χ0) is 18.0. The average Bonchev–Trinajstić information content (AvgIpc) is 2.57. The standard InChI is InChI=1S/C17H13F2N3O2S/c1-25-17-20-13-7-3-6-12(19)15(13)16(24)22(17)21-14(23)9-10-4-2-5-11(18)8-10/h2-8H,9H2,1H3,(H,21,23). The van der Waals surface area contributed by atoms with Gasteiger partial charge in [0.1, 0.15) is 17.0 Å². The minimum atomic E-state index is -0.712. The molecular weight excluding hydrogens is 348 g/mol. The Morgan fingerprint density at radius 3 is 2.72 bits per heavy atom. The molecule has 0 spiro atoms. The highest BCUT2D eigenvalue weighted by Gasteiger charge is 2.16. The Labute approximate surface area is 145 Å². The number of benzene rings is 2. The van der Waals surface area contributed by atoms with Crippen molar-refractivity contribution in [2.45, 2.75) is 11.6 Å². The molecule has 1 aromatic heterocycles. The molecule has 0 saturated carbocycles. The van der Waals surface area contributed by atoms with Gasteiger partial charge in [0.05, 0.1) is 11.9 Å². The molecule has 0 bridgehead atoms. The van der Waals surface area contributed by atoms with Crippen molar-refractivity contribution < 1.29 is 13.6 Å². The molecule has 0 aliphatic heterocycles. The van der Waals surface area contributed by atoms with Gasteiger partial charge >= 0.3 is 0 Å². The topological polar surface area (TPSA) is 64.0 Å². The quantitative estimate of drug-likeness (QED) is 0.573. The van der Waals surface area contributed by atoms with Crippen LogP contribution in [0.1, 0.15) is 5.56 Å². The van der Waals surface area contributed by atoms with Crippen LogP contribution in [0.25, 0.3) is 10.9 Å². The minimum absolute atomic E-state index is 0.132. The lowest BCUT2D eigenvalue weighted by Gasteiger charge is -2.13. The Balaban J connectivity index is 1.97. The van der Waals surface area contributed by atoms with E-state index in [1.807, 2.05) is 0 Å². The number of nitrogens with zero attached hydrogens (tertiary/aromatic N) is 2. The lowest BCUT2D eigenvalue weighted by Crippen LogP contribution is -2.36. The second-order valence-corrected chi connectivity index (χ2v) is 5.99. The molecule has 0 atom stereocenters. The first-order chi connectivity index (χ1) is 12.0. The van der Waals surface area contributed by atoms with Crippen LogP contribution in [0.5, 0.6) is 0 Å². The molecule has 3 rings (SSSR count). The predicted octanol–water partition coefficient (Wildman–Crippen LogP) is 2.71. The van der Waals surface area contributed by atoms with Crippen molar-refractivity contribution in [3.8, 4) is 0 Å². The van der Waals surface area contributed by atoms with Crippen LogP contribution in [0.15, 0.2) is 52.4 Å². The fraction of sp³-hybridized carbons (Fsp3) is 0.118. The maximum atomic E-state index is 14.0. The van der Waals surface area contributed by atoms with Crippen molar-refractivity contribution in [1.29, 1.82) is 0 Å². The van der Waals surface area contributed by atoms with Crippen molar-refractivity contribution in [1.82, 2.24) is 9.66 Å². The van der Waals surface area contributed by atoms with Crippen LogP contribution in [0, 0.1) is 11.6 Å². The molecule has 0 fully saturated rings. The lowest BCUT2D eigenvalue weighted by molar-refractivity contribution is -0.116. The molecule has 1 N–H and O–H groups in total. The SMILES string of the molecule is CSc1nc2cccc(F)c2c(=O)n1NC(=O)Cc1cccc(F)c1. The molecule has 0 unspecified atom stereocenters. The molecule has 25 heavy (non-hydrogen) atoms. The van der Waals surface area contributed by atoms with Gasteiger partial charge in [-0.1, -0.05) is 30.0 Å². The third-order valence-electron chi connectivity index (χ3n) is 3.49. The van der Waals surface area contributed by atoms with Gasteiger partial charge < -0.3 is 0 Å². The van der Waals surface area contributed by atoms with E-state index in [0.29, 0.717) is 5.56 Å². The normalized spacial score (nSPS) is 10.8. The summed E-state index contributed by atoms with van der Waals surface area (Å²) in [6.07, 6.45) is 1.55. The number of thioether (sulfide) groups is 1. The van der Waals surface area contributed by atoms with E-state index in [1.54, 1.807) is 12.3 Å². The van der Waals surface area contributed by atoms with Crippen molar-refractivity contribution in [3.63, 3.8) is 0 Å². The first kappa shape index (κ1) is 17.1. The van der Waals surface area contributed by atoms with Crippen LogP contribution < -0.4 is 11.0 Å². The van der Waals surface area contributed by atoms with Crippen LogP contribution in [0.4, 0.5) is 8.78 Å². The number of halogens is 2. The largest absolute Gasteiger partial charge is 0.284 e. The van der Waals surface area contributed by atoms with Crippen LogP contribution in [0.3, 0.4) is 0 Å². The number of carbonyl (C=O) groups is 1. The summed E-state index contributed by atoms with van der Waals surface area (Å²) >= 11 is 1.14. The molecule has 0 aliphatic carbocycles. The predicted molar refractivity (Wildman–Crippen MR) is 92.2 cm³/mol. The number of fused-ring (bicyclic) bond motifs is 1. The van der Waals surface area contributed by atoms with E-state index in [0.717, 1.165) is 22.5 Å². The average molecular weight is 361 g/mol. The third kappa shape index (κ3) is 3.53. The number of rotatable bonds is 4. The van der Waals surface area contributed by atoms with E-state index in [4.69, 9.17) is 0 Å². The van der Waals surface area contributed by atoms with Crippen LogP contribution in [0.2, 0.25) is 0 Å². The Kier molecular flexibility index (Phi) is 4.80. The van der Waals surface area contributed by atoms with Crippen LogP contribution >= 0.6 is 11.8 Å². The molecule has 5 nitrogen and oxygen atoms in total. The van der Waals surface area contributed by atoms with Gasteiger partial charge in [0.15, 0.2) is 5.16 Å². The van der Waals surface area contributed by atoms with Gasteiger partial charge in [0, 0.05) is 0 Å². The van der Waals surface area contributed by atoms with E-state index < -0.39 is 23.1 Å². The van der Waals surface area contributed by atoms with Crippen LogP contribution in [-0.2, 0) is 11.2 Å². The molecule has 1 amide bonds. The highest BCUT2D eigenvalue weighted by Crippen LogP contribution is 2.16. The summed E-state index contributed by atoms with van der Waals surface area (Å²) in [5.41, 5.74) is 2.37. The fourth-order valence-corrected chi connectivity index (χ4v) is 2.90. The van der Waals surface area contributed by atoms with E-state index in [-0.39, 0.29) is 22.5 Å². The summed E-state index contributed by atoms with van der Waals surface area (Å²) in [6.45, 7) is 0. The molecule has 3 aromatic rings. The Morgan fingerprint density at radius 1 is 1.24 bits per heavy atom. The highest BCUT2D eigenvalue weighted by molar-refractivity contribution is 7.98. The van der Waals surface area contributed by atoms with Gasteiger partial charge in [-0.2, -0.15) is 4.68 Å². The van der Waals surface area contributed by atoms with E-state index in [2.05, 4.69) is 10.4 Å². The second kappa shape index (κ2) is 7.02. The summed E-state index contributed by atoms with van der Waals surface area (Å²) in [7, 11) is 0. The first-order valence-electron chi connectivity index (χ1n) is 7.29. The second-order valence-electron chi connectivity index (χ2n) is 5.21. The lowest BCUT2D eigenvalue weighted by atomic mass is 10.1. The molecule has 8 heteroatoms. The monoisotopic (exact) mass is 361 g/mol. The Bertz CT molecular complexity index is 1020. The summed E-state index contributed by atoms with van der Waals surface area (Å²) in [4.78, 5) is 29.0. The zero-order valence-electron chi connectivity index (χ0n) is 13.1. The summed E-state index contributed by atoms with van der Waals surface area (Å²) < 4.78 is 28.1. The smallest absolute Gasteiger partial charge is 0.273 e. The molecular formula is C17H13F2N3O2S. The number of aromatic nitrogens is 2. The highest BCUT2D eigenvalue weighted by atomic mass is 32.2. The fourth-order valence-electron chi connectivity index (χ4n) is 2.40. The van der Waals surface area contributed by atoms with Crippen molar-refractivity contribution in [2.75, 3.05) is 11.7 Å². The molecule has 2 aromatic carbocycles. The first-order valence-corrected chi connectivity index (χ1v) is 8.51. The molecule has 0 radical (unpaired) electrons. The van der Waals surface area contributed by atoms with Gasteiger partial charge in [-0.3, -0.25) is 15.0 Å². The van der Waals surface area contributed by atoms with Crippen molar-refractivity contribution in [3.05, 3.63) is 70.0 Å². The summed E-state index contributed by atoms with van der Waals surface area (Å²) in [5, 5.41) is 0.0158. The molecule has 0 aliphatic rings. The number of hydrogen-bond donors (Lipinski definition) is 1. The van der Waals surface area contributed by atoms with E-state index in [1.165, 1.54) is 30.3 Å². The van der Waals surface area contributed by atoms with Gasteiger partial charge in [-0.05, 0) is 36.1 Å². The van der Waals surface area contributed by atoms with Gasteiger partial charge in [-0.25, -0.2) is 13.8 Å². The Hall–Kier alpha value is -2.74. The minimum Gasteiger partial charge on any atom is -0.273 e. The molecule has 128 valence electrons. The van der Waals surface area contributed by atoms with E-state index >= 15 is 0 Å². The van der Waals surface area contributed by atoms with Crippen molar-refractivity contribution >= 4 is 28.6 Å². The van der Waals surface area contributed by atoms with Gasteiger partial charge in [-0.15, -0.1) is 0 Å². The van der Waals surface area contributed by atoms with Gasteiger partial charge in [0.2, 0.25) is 5.91 Å². The number of nitrogens with one attached hydrogen (secondary N) is 1. The van der Waals surface area contributed by atoms with Crippen LogP contribution in [-0.4, -0.2) is 21.8 Å². The number of carbonyl (C=O) groups excluding carboxylic acids is 1.